The third kappa shape index (κ3) is 4.67. The predicted molar refractivity (Wildman–Crippen MR) is 89.7 cm³/mol. The van der Waals surface area contributed by atoms with Crippen LogP contribution in [0.1, 0.15) is 58.3 Å². The summed E-state index contributed by atoms with van der Waals surface area (Å²) < 4.78 is 0. The molecule has 3 heteroatoms. The summed E-state index contributed by atoms with van der Waals surface area (Å²) in [7, 11) is 0. The molecule has 0 aromatic rings. The van der Waals surface area contributed by atoms with Crippen LogP contribution in [0.25, 0.3) is 0 Å². The van der Waals surface area contributed by atoms with Gasteiger partial charge in [0.05, 0.1) is 0 Å². The van der Waals surface area contributed by atoms with Gasteiger partial charge in [0, 0.05) is 51.4 Å². The Bertz CT molecular complexity index is 285. The quantitative estimate of drug-likeness (QED) is 0.841. The van der Waals surface area contributed by atoms with Crippen LogP contribution in [-0.4, -0.2) is 61.2 Å². The highest BCUT2D eigenvalue weighted by Gasteiger charge is 2.26. The molecule has 1 saturated heterocycles. The summed E-state index contributed by atoms with van der Waals surface area (Å²) in [5.74, 6) is 0.965. The summed E-state index contributed by atoms with van der Waals surface area (Å²) in [6.45, 7) is 10.1. The van der Waals surface area contributed by atoms with Gasteiger partial charge in [-0.25, -0.2) is 0 Å². The van der Waals surface area contributed by atoms with Crippen molar-refractivity contribution in [1.29, 1.82) is 0 Å². The second-order valence-corrected chi connectivity index (χ2v) is 7.73. The molecular weight excluding hydrogens is 258 g/mol. The SMILES string of the molecule is CC1CCC(NCCN2CCN(C3CCCC3)CC2)CC1. The van der Waals surface area contributed by atoms with Crippen molar-refractivity contribution in [2.75, 3.05) is 39.3 Å². The smallest absolute Gasteiger partial charge is 0.0113 e. The van der Waals surface area contributed by atoms with E-state index in [9.17, 15) is 0 Å². The van der Waals surface area contributed by atoms with E-state index in [4.69, 9.17) is 0 Å². The Labute approximate surface area is 131 Å². The Kier molecular flexibility index (Phi) is 5.96. The normalized spacial score (nSPS) is 33.6. The molecule has 0 aromatic carbocycles. The third-order valence-corrected chi connectivity index (χ3v) is 6.12. The highest BCUT2D eigenvalue weighted by Crippen LogP contribution is 2.24. The maximum Gasteiger partial charge on any atom is 0.0113 e. The van der Waals surface area contributed by atoms with E-state index in [0.29, 0.717) is 0 Å². The average molecular weight is 293 g/mol. The Hall–Kier alpha value is -0.120. The molecule has 3 rings (SSSR count). The second-order valence-electron chi connectivity index (χ2n) is 7.73. The lowest BCUT2D eigenvalue weighted by Crippen LogP contribution is -2.51. The molecule has 0 aromatic heterocycles. The van der Waals surface area contributed by atoms with Crippen LogP contribution in [-0.2, 0) is 0 Å². The Morgan fingerprint density at radius 1 is 0.857 bits per heavy atom. The highest BCUT2D eigenvalue weighted by atomic mass is 15.3. The van der Waals surface area contributed by atoms with E-state index in [1.807, 2.05) is 0 Å². The highest BCUT2D eigenvalue weighted by molar-refractivity contribution is 4.82. The van der Waals surface area contributed by atoms with Crippen molar-refractivity contribution in [2.45, 2.75) is 70.4 Å². The van der Waals surface area contributed by atoms with Crippen LogP contribution in [0.3, 0.4) is 0 Å². The van der Waals surface area contributed by atoms with Gasteiger partial charge < -0.3 is 5.32 Å². The van der Waals surface area contributed by atoms with Crippen molar-refractivity contribution in [2.24, 2.45) is 5.92 Å². The lowest BCUT2D eigenvalue weighted by atomic mass is 9.87. The van der Waals surface area contributed by atoms with Gasteiger partial charge in [-0.3, -0.25) is 9.80 Å². The van der Waals surface area contributed by atoms with Gasteiger partial charge in [-0.2, -0.15) is 0 Å². The van der Waals surface area contributed by atoms with Crippen molar-refractivity contribution in [1.82, 2.24) is 15.1 Å². The van der Waals surface area contributed by atoms with E-state index < -0.39 is 0 Å². The largest absolute Gasteiger partial charge is 0.313 e. The molecule has 3 fully saturated rings. The van der Waals surface area contributed by atoms with Gasteiger partial charge in [0.15, 0.2) is 0 Å². The van der Waals surface area contributed by atoms with Gasteiger partial charge in [-0.1, -0.05) is 19.8 Å². The lowest BCUT2D eigenvalue weighted by molar-refractivity contribution is 0.0974. The summed E-state index contributed by atoms with van der Waals surface area (Å²) in [5, 5.41) is 3.80. The maximum absolute atomic E-state index is 3.80. The van der Waals surface area contributed by atoms with E-state index in [-0.39, 0.29) is 0 Å². The minimum absolute atomic E-state index is 0.806. The molecule has 3 nitrogen and oxygen atoms in total. The van der Waals surface area contributed by atoms with E-state index >= 15 is 0 Å². The van der Waals surface area contributed by atoms with Crippen molar-refractivity contribution in [3.8, 4) is 0 Å². The summed E-state index contributed by atoms with van der Waals surface area (Å²) in [6.07, 6.45) is 11.5. The molecule has 0 radical (unpaired) electrons. The van der Waals surface area contributed by atoms with Crippen LogP contribution < -0.4 is 5.32 Å². The zero-order valence-electron chi connectivity index (χ0n) is 14.0. The van der Waals surface area contributed by atoms with Crippen LogP contribution in [0.4, 0.5) is 0 Å². The van der Waals surface area contributed by atoms with Crippen LogP contribution in [0.5, 0.6) is 0 Å². The van der Waals surface area contributed by atoms with Crippen LogP contribution in [0.2, 0.25) is 0 Å². The van der Waals surface area contributed by atoms with Gasteiger partial charge in [0.2, 0.25) is 0 Å². The number of nitrogens with zero attached hydrogens (tertiary/aromatic N) is 2. The van der Waals surface area contributed by atoms with Crippen molar-refractivity contribution >= 4 is 0 Å². The van der Waals surface area contributed by atoms with Crippen molar-refractivity contribution < 1.29 is 0 Å². The van der Waals surface area contributed by atoms with Gasteiger partial charge in [0.25, 0.3) is 0 Å². The molecule has 3 aliphatic rings. The van der Waals surface area contributed by atoms with Crippen LogP contribution in [0, 0.1) is 5.92 Å². The van der Waals surface area contributed by atoms with Gasteiger partial charge in [-0.15, -0.1) is 0 Å². The topological polar surface area (TPSA) is 18.5 Å². The molecule has 0 atom stereocenters. The lowest BCUT2D eigenvalue weighted by Gasteiger charge is -2.38. The molecule has 1 heterocycles. The Morgan fingerprint density at radius 2 is 1.52 bits per heavy atom. The summed E-state index contributed by atoms with van der Waals surface area (Å²) >= 11 is 0. The maximum atomic E-state index is 3.80. The molecule has 122 valence electrons. The van der Waals surface area contributed by atoms with Gasteiger partial charge in [-0.05, 0) is 44.4 Å². The van der Waals surface area contributed by atoms with E-state index in [1.165, 1.54) is 90.6 Å². The monoisotopic (exact) mass is 293 g/mol. The molecule has 2 aliphatic carbocycles. The van der Waals surface area contributed by atoms with Crippen molar-refractivity contribution in [3.63, 3.8) is 0 Å². The summed E-state index contributed by atoms with van der Waals surface area (Å²) in [6, 6.07) is 1.73. The minimum atomic E-state index is 0.806. The molecule has 21 heavy (non-hydrogen) atoms. The first-order valence-corrected chi connectivity index (χ1v) is 9.51. The molecule has 0 unspecified atom stereocenters. The van der Waals surface area contributed by atoms with Gasteiger partial charge >= 0.3 is 0 Å². The molecule has 2 saturated carbocycles. The zero-order chi connectivity index (χ0) is 14.5. The Morgan fingerprint density at radius 3 is 2.19 bits per heavy atom. The van der Waals surface area contributed by atoms with E-state index in [2.05, 4.69) is 22.0 Å². The van der Waals surface area contributed by atoms with E-state index in [0.717, 1.165) is 18.0 Å². The molecule has 0 bridgehead atoms. The number of rotatable bonds is 5. The van der Waals surface area contributed by atoms with Crippen molar-refractivity contribution in [3.05, 3.63) is 0 Å². The fourth-order valence-electron chi connectivity index (χ4n) is 4.51. The van der Waals surface area contributed by atoms with Crippen LogP contribution >= 0.6 is 0 Å². The molecule has 1 aliphatic heterocycles. The molecule has 1 N–H and O–H groups in total. The Balaban J connectivity index is 1.27. The van der Waals surface area contributed by atoms with Gasteiger partial charge in [0.1, 0.15) is 0 Å². The molecule has 0 spiro atoms. The average Bonchev–Trinajstić information content (AvgIpc) is 3.04. The number of piperazine rings is 1. The molecular formula is C18H35N3. The standard InChI is InChI=1S/C18H35N3/c1-16-6-8-17(9-7-16)19-10-11-20-12-14-21(15-13-20)18-4-2-3-5-18/h16-19H,2-15H2,1H3. The first-order chi connectivity index (χ1) is 10.3. The fraction of sp³-hybridized carbons (Fsp3) is 1.00. The van der Waals surface area contributed by atoms with E-state index in [1.54, 1.807) is 0 Å². The second kappa shape index (κ2) is 7.94. The first-order valence-electron chi connectivity index (χ1n) is 9.51. The molecule has 0 amide bonds. The van der Waals surface area contributed by atoms with Crippen LogP contribution in [0.15, 0.2) is 0 Å². The third-order valence-electron chi connectivity index (χ3n) is 6.12. The zero-order valence-corrected chi connectivity index (χ0v) is 14.0. The summed E-state index contributed by atoms with van der Waals surface area (Å²) in [5.41, 5.74) is 0. The number of hydrogen-bond acceptors (Lipinski definition) is 3. The predicted octanol–water partition coefficient (Wildman–Crippen LogP) is 2.71. The number of hydrogen-bond donors (Lipinski definition) is 1. The number of nitrogens with one attached hydrogen (secondary N) is 1. The summed E-state index contributed by atoms with van der Waals surface area (Å²) in [4.78, 5) is 5.43. The fourth-order valence-corrected chi connectivity index (χ4v) is 4.51. The first kappa shape index (κ1) is 15.8. The minimum Gasteiger partial charge on any atom is -0.313 e.